The van der Waals surface area contributed by atoms with Crippen molar-refractivity contribution in [2.75, 3.05) is 0 Å². The summed E-state index contributed by atoms with van der Waals surface area (Å²) in [5.41, 5.74) is 0.344. The molecular weight excluding hydrogens is 126 g/mol. The maximum Gasteiger partial charge on any atom is 0.0662 e. The van der Waals surface area contributed by atoms with Crippen LogP contribution in [0.15, 0.2) is 0 Å². The van der Waals surface area contributed by atoms with Crippen LogP contribution in [0.4, 0.5) is 0 Å². The van der Waals surface area contributed by atoms with Gasteiger partial charge in [0.15, 0.2) is 0 Å². The van der Waals surface area contributed by atoms with Gasteiger partial charge in [-0.15, -0.1) is 0 Å². The Hall–Kier alpha value is -0.0800. The van der Waals surface area contributed by atoms with Crippen LogP contribution in [-0.4, -0.2) is 22.8 Å². The zero-order chi connectivity index (χ0) is 7.78. The van der Waals surface area contributed by atoms with E-state index in [4.69, 9.17) is 5.11 Å². The largest absolute Gasteiger partial charge is 0.392 e. The molecule has 0 bridgehead atoms. The molecule has 0 aromatic carbocycles. The number of aliphatic hydroxyl groups is 1. The van der Waals surface area contributed by atoms with Gasteiger partial charge < -0.3 is 10.4 Å². The summed E-state index contributed by atoms with van der Waals surface area (Å²) in [4.78, 5) is 0. The van der Waals surface area contributed by atoms with Gasteiger partial charge in [0.1, 0.15) is 0 Å². The number of aliphatic hydroxyl groups excluding tert-OH is 1. The Morgan fingerprint density at radius 3 is 2.20 bits per heavy atom. The molecule has 0 aromatic heterocycles. The average Bonchev–Trinajstić information content (AvgIpc) is 2.47. The van der Waals surface area contributed by atoms with Gasteiger partial charge in [-0.2, -0.15) is 0 Å². The molecular formula is C8H17NO. The number of rotatable bonds is 3. The summed E-state index contributed by atoms with van der Waals surface area (Å²) in [7, 11) is 0. The first-order chi connectivity index (χ1) is 4.53. The minimum Gasteiger partial charge on any atom is -0.392 e. The third kappa shape index (κ3) is 1.96. The van der Waals surface area contributed by atoms with E-state index in [9.17, 15) is 0 Å². The maximum atomic E-state index is 9.15. The zero-order valence-electron chi connectivity index (χ0n) is 7.02. The molecule has 2 nitrogen and oxygen atoms in total. The molecule has 2 unspecified atom stereocenters. The molecule has 0 aliphatic heterocycles. The van der Waals surface area contributed by atoms with Crippen LogP contribution >= 0.6 is 0 Å². The van der Waals surface area contributed by atoms with Crippen molar-refractivity contribution in [1.82, 2.24) is 5.32 Å². The molecule has 0 amide bonds. The SMILES string of the molecule is CC(O)C(C)NC1(C)CC1. The van der Waals surface area contributed by atoms with E-state index in [1.54, 1.807) is 0 Å². The highest BCUT2D eigenvalue weighted by atomic mass is 16.3. The van der Waals surface area contributed by atoms with Crippen LogP contribution in [0.3, 0.4) is 0 Å². The van der Waals surface area contributed by atoms with Crippen LogP contribution in [0.5, 0.6) is 0 Å². The Bertz CT molecular complexity index is 118. The van der Waals surface area contributed by atoms with Crippen LogP contribution < -0.4 is 5.32 Å². The Morgan fingerprint density at radius 1 is 1.40 bits per heavy atom. The molecule has 10 heavy (non-hydrogen) atoms. The van der Waals surface area contributed by atoms with Crippen molar-refractivity contribution in [3.63, 3.8) is 0 Å². The Labute approximate surface area is 62.6 Å². The van der Waals surface area contributed by atoms with E-state index < -0.39 is 0 Å². The van der Waals surface area contributed by atoms with Gasteiger partial charge in [-0.05, 0) is 33.6 Å². The predicted molar refractivity (Wildman–Crippen MR) is 41.9 cm³/mol. The fourth-order valence-corrected chi connectivity index (χ4v) is 1.00. The molecule has 1 aliphatic carbocycles. The number of hydrogen-bond donors (Lipinski definition) is 2. The maximum absolute atomic E-state index is 9.15. The second-order valence-corrected chi connectivity index (χ2v) is 3.73. The second kappa shape index (κ2) is 2.51. The summed E-state index contributed by atoms with van der Waals surface area (Å²) >= 11 is 0. The topological polar surface area (TPSA) is 32.3 Å². The quantitative estimate of drug-likeness (QED) is 0.615. The van der Waals surface area contributed by atoms with Gasteiger partial charge >= 0.3 is 0 Å². The van der Waals surface area contributed by atoms with Gasteiger partial charge in [-0.3, -0.25) is 0 Å². The van der Waals surface area contributed by atoms with Crippen molar-refractivity contribution in [2.24, 2.45) is 0 Å². The minimum atomic E-state index is -0.238. The lowest BCUT2D eigenvalue weighted by Gasteiger charge is -2.21. The predicted octanol–water partition coefficient (Wildman–Crippen LogP) is 0.898. The first kappa shape index (κ1) is 8.02. The molecule has 1 fully saturated rings. The monoisotopic (exact) mass is 143 g/mol. The standard InChI is InChI=1S/C8H17NO/c1-6(7(2)10)9-8(3)4-5-8/h6-7,9-10H,4-5H2,1-3H3. The molecule has 2 N–H and O–H groups in total. The normalized spacial score (nSPS) is 27.6. The first-order valence-corrected chi connectivity index (χ1v) is 3.99. The van der Waals surface area contributed by atoms with E-state index in [1.807, 2.05) is 13.8 Å². The van der Waals surface area contributed by atoms with E-state index in [1.165, 1.54) is 12.8 Å². The van der Waals surface area contributed by atoms with Crippen LogP contribution in [0.2, 0.25) is 0 Å². The third-order valence-electron chi connectivity index (χ3n) is 2.30. The lowest BCUT2D eigenvalue weighted by atomic mass is 10.2. The average molecular weight is 143 g/mol. The van der Waals surface area contributed by atoms with E-state index >= 15 is 0 Å². The molecule has 2 atom stereocenters. The van der Waals surface area contributed by atoms with Gasteiger partial charge in [-0.25, -0.2) is 0 Å². The van der Waals surface area contributed by atoms with Crippen LogP contribution in [0.1, 0.15) is 33.6 Å². The minimum absolute atomic E-state index is 0.229. The van der Waals surface area contributed by atoms with Crippen molar-refractivity contribution >= 4 is 0 Å². The summed E-state index contributed by atoms with van der Waals surface area (Å²) in [5, 5.41) is 12.5. The van der Waals surface area contributed by atoms with Gasteiger partial charge in [0.05, 0.1) is 6.10 Å². The Morgan fingerprint density at radius 2 is 1.90 bits per heavy atom. The van der Waals surface area contributed by atoms with Gasteiger partial charge in [0.2, 0.25) is 0 Å². The lowest BCUT2D eigenvalue weighted by Crippen LogP contribution is -2.42. The van der Waals surface area contributed by atoms with Gasteiger partial charge in [0, 0.05) is 11.6 Å². The van der Waals surface area contributed by atoms with Crippen LogP contribution in [0, 0.1) is 0 Å². The molecule has 60 valence electrons. The highest BCUT2D eigenvalue weighted by Gasteiger charge is 2.38. The van der Waals surface area contributed by atoms with Crippen LogP contribution in [-0.2, 0) is 0 Å². The van der Waals surface area contributed by atoms with Crippen LogP contribution in [0.25, 0.3) is 0 Å². The molecule has 1 saturated carbocycles. The molecule has 1 aliphatic rings. The summed E-state index contributed by atoms with van der Waals surface area (Å²) < 4.78 is 0. The molecule has 0 spiro atoms. The smallest absolute Gasteiger partial charge is 0.0662 e. The first-order valence-electron chi connectivity index (χ1n) is 3.99. The van der Waals surface area contributed by atoms with Gasteiger partial charge in [0.25, 0.3) is 0 Å². The van der Waals surface area contributed by atoms with Crippen molar-refractivity contribution in [1.29, 1.82) is 0 Å². The summed E-state index contributed by atoms with van der Waals surface area (Å²) in [5.74, 6) is 0. The highest BCUT2D eigenvalue weighted by molar-refractivity contribution is 4.99. The number of nitrogens with one attached hydrogen (secondary N) is 1. The Balaban J connectivity index is 2.24. The fourth-order valence-electron chi connectivity index (χ4n) is 1.00. The van der Waals surface area contributed by atoms with E-state index in [2.05, 4.69) is 12.2 Å². The van der Waals surface area contributed by atoms with Crippen molar-refractivity contribution < 1.29 is 5.11 Å². The fraction of sp³-hybridized carbons (Fsp3) is 1.00. The summed E-state index contributed by atoms with van der Waals surface area (Å²) in [6.45, 7) is 6.05. The van der Waals surface area contributed by atoms with E-state index in [-0.39, 0.29) is 12.1 Å². The highest BCUT2D eigenvalue weighted by Crippen LogP contribution is 2.34. The van der Waals surface area contributed by atoms with Crippen molar-refractivity contribution in [3.05, 3.63) is 0 Å². The second-order valence-electron chi connectivity index (χ2n) is 3.73. The molecule has 1 rings (SSSR count). The van der Waals surface area contributed by atoms with Crippen molar-refractivity contribution in [2.45, 2.75) is 51.3 Å². The summed E-state index contributed by atoms with van der Waals surface area (Å²) in [6, 6.07) is 0.229. The van der Waals surface area contributed by atoms with Gasteiger partial charge in [-0.1, -0.05) is 0 Å². The molecule has 2 heteroatoms. The third-order valence-corrected chi connectivity index (χ3v) is 2.30. The molecule has 0 radical (unpaired) electrons. The lowest BCUT2D eigenvalue weighted by molar-refractivity contribution is 0.145. The van der Waals surface area contributed by atoms with E-state index in [0.29, 0.717) is 5.54 Å². The zero-order valence-corrected chi connectivity index (χ0v) is 7.02. The molecule has 0 heterocycles. The Kier molecular flexibility index (Phi) is 2.02. The van der Waals surface area contributed by atoms with Crippen molar-refractivity contribution in [3.8, 4) is 0 Å². The molecule has 0 saturated heterocycles. The number of hydrogen-bond acceptors (Lipinski definition) is 2. The molecule has 0 aromatic rings. The summed E-state index contributed by atoms with van der Waals surface area (Å²) in [6.07, 6.45) is 2.27. The van der Waals surface area contributed by atoms with E-state index in [0.717, 1.165) is 0 Å².